The Morgan fingerprint density at radius 1 is 0.979 bits per heavy atom. The molecule has 12 heteroatoms. The number of halogens is 3. The van der Waals surface area contributed by atoms with E-state index in [1.807, 2.05) is 54.6 Å². The third-order valence-electron chi connectivity index (χ3n) is 8.22. The van der Waals surface area contributed by atoms with Crippen molar-refractivity contribution in [3.8, 4) is 5.75 Å². The van der Waals surface area contributed by atoms with Crippen LogP contribution < -0.4 is 4.74 Å². The summed E-state index contributed by atoms with van der Waals surface area (Å²) in [5.41, 5.74) is -2.50. The van der Waals surface area contributed by atoms with Crippen LogP contribution in [0.5, 0.6) is 5.75 Å². The second kappa shape index (κ2) is 16.7. The smallest absolute Gasteiger partial charge is 0.497 e. The Morgan fingerprint density at radius 2 is 1.70 bits per heavy atom. The van der Waals surface area contributed by atoms with Crippen LogP contribution in [0.2, 0.25) is 0 Å². The average Bonchev–Trinajstić information content (AvgIpc) is 3.69. The molecule has 1 heterocycles. The largest absolute Gasteiger partial charge is 0.534 e. The standard InChI is InChI=1S/C35H41F3O7S2/c1-4-5-6-10-30(44-23-24-11-18-28(42-2)19-12-24)25-13-15-27(16-14-25)33-26(17-21-31(33)45-47(40,41)35(36,37)38)8-7-9-29-20-22-32(46-29)34(39)43-3/h11-16,18-20,22,26,30H,4-10,17,21,23H2,1-3H3. The highest BCUT2D eigenvalue weighted by Gasteiger charge is 2.49. The molecule has 1 aliphatic carbocycles. The molecule has 256 valence electrons. The Kier molecular flexibility index (Phi) is 12.9. The molecule has 1 aliphatic rings. The summed E-state index contributed by atoms with van der Waals surface area (Å²) < 4.78 is 85.1. The molecule has 0 fully saturated rings. The lowest BCUT2D eigenvalue weighted by Crippen LogP contribution is -2.25. The molecule has 0 aliphatic heterocycles. The van der Waals surface area contributed by atoms with E-state index in [1.54, 1.807) is 13.2 Å². The van der Waals surface area contributed by atoms with Crippen molar-refractivity contribution in [1.29, 1.82) is 0 Å². The SMILES string of the molecule is CCCCCC(OCc1ccc(OC)cc1)c1ccc(C2=C(OS(=O)(=O)C(F)(F)F)CCC2CCCc2ccc(C(=O)OC)s2)cc1. The van der Waals surface area contributed by atoms with E-state index < -0.39 is 21.6 Å². The van der Waals surface area contributed by atoms with E-state index >= 15 is 0 Å². The fraction of sp³-hybridized carbons (Fsp3) is 0.457. The van der Waals surface area contributed by atoms with Gasteiger partial charge in [0, 0.05) is 16.9 Å². The van der Waals surface area contributed by atoms with Crippen LogP contribution in [0.15, 0.2) is 66.4 Å². The molecule has 2 atom stereocenters. The zero-order valence-corrected chi connectivity index (χ0v) is 28.4. The number of allylic oxidation sites excluding steroid dienone is 2. The van der Waals surface area contributed by atoms with E-state index in [0.29, 0.717) is 48.3 Å². The van der Waals surface area contributed by atoms with Crippen molar-refractivity contribution in [2.45, 2.75) is 82.9 Å². The number of unbranched alkanes of at least 4 members (excludes halogenated alkanes) is 2. The average molecular weight is 695 g/mol. The zero-order valence-electron chi connectivity index (χ0n) is 26.8. The highest BCUT2D eigenvalue weighted by atomic mass is 32.2. The molecule has 2 aromatic carbocycles. The van der Waals surface area contributed by atoms with Gasteiger partial charge in [0.15, 0.2) is 0 Å². The minimum atomic E-state index is -5.82. The fourth-order valence-electron chi connectivity index (χ4n) is 5.73. The minimum absolute atomic E-state index is 0.0766. The van der Waals surface area contributed by atoms with Crippen molar-refractivity contribution in [1.82, 2.24) is 0 Å². The van der Waals surface area contributed by atoms with Gasteiger partial charge < -0.3 is 18.4 Å². The number of hydrogen-bond acceptors (Lipinski definition) is 8. The molecule has 0 radical (unpaired) electrons. The lowest BCUT2D eigenvalue weighted by Gasteiger charge is -2.21. The highest BCUT2D eigenvalue weighted by molar-refractivity contribution is 7.87. The van der Waals surface area contributed by atoms with Crippen molar-refractivity contribution in [3.05, 3.63) is 92.9 Å². The minimum Gasteiger partial charge on any atom is -0.497 e. The van der Waals surface area contributed by atoms with Gasteiger partial charge in [0.05, 0.1) is 26.9 Å². The Bertz CT molecular complexity index is 1590. The summed E-state index contributed by atoms with van der Waals surface area (Å²) in [6.07, 6.45) is 6.17. The number of esters is 1. The van der Waals surface area contributed by atoms with E-state index in [4.69, 9.17) is 18.4 Å². The first-order chi connectivity index (χ1) is 22.5. The number of thiophene rings is 1. The molecule has 0 amide bonds. The molecule has 4 rings (SSSR count). The molecule has 0 N–H and O–H groups in total. The number of carbonyl (C=O) groups is 1. The topological polar surface area (TPSA) is 88.1 Å². The maximum absolute atomic E-state index is 13.3. The molecule has 0 saturated heterocycles. The van der Waals surface area contributed by atoms with Gasteiger partial charge in [-0.15, -0.1) is 11.3 Å². The summed E-state index contributed by atoms with van der Waals surface area (Å²) in [7, 11) is -2.88. The maximum atomic E-state index is 13.3. The number of methoxy groups -OCH3 is 2. The first-order valence-corrected chi connectivity index (χ1v) is 17.9. The van der Waals surface area contributed by atoms with Crippen molar-refractivity contribution < 1.29 is 44.8 Å². The van der Waals surface area contributed by atoms with Gasteiger partial charge in [-0.1, -0.05) is 62.6 Å². The highest BCUT2D eigenvalue weighted by Crippen LogP contribution is 2.44. The second-order valence-electron chi connectivity index (χ2n) is 11.5. The van der Waals surface area contributed by atoms with Crippen LogP contribution in [0.4, 0.5) is 13.2 Å². The molecule has 0 saturated carbocycles. The Morgan fingerprint density at radius 3 is 2.34 bits per heavy atom. The van der Waals surface area contributed by atoms with Gasteiger partial charge in [0.25, 0.3) is 0 Å². The normalized spacial score (nSPS) is 15.9. The van der Waals surface area contributed by atoms with Gasteiger partial charge in [-0.25, -0.2) is 4.79 Å². The summed E-state index contributed by atoms with van der Waals surface area (Å²) in [6, 6.07) is 18.7. The van der Waals surface area contributed by atoms with Crippen molar-refractivity contribution in [3.63, 3.8) is 0 Å². The van der Waals surface area contributed by atoms with Gasteiger partial charge in [-0.2, -0.15) is 21.6 Å². The third-order valence-corrected chi connectivity index (χ3v) is 10.3. The molecule has 47 heavy (non-hydrogen) atoms. The van der Waals surface area contributed by atoms with Crippen LogP contribution in [-0.2, 0) is 36.8 Å². The molecule has 0 bridgehead atoms. The van der Waals surface area contributed by atoms with Gasteiger partial charge >= 0.3 is 21.6 Å². The van der Waals surface area contributed by atoms with Crippen molar-refractivity contribution in [2.24, 2.45) is 5.92 Å². The Labute approximate surface area is 278 Å². The van der Waals surface area contributed by atoms with E-state index in [0.717, 1.165) is 47.4 Å². The lowest BCUT2D eigenvalue weighted by molar-refractivity contribution is -0.0522. The molecular formula is C35H41F3O7S2. The van der Waals surface area contributed by atoms with E-state index in [-0.39, 0.29) is 24.2 Å². The van der Waals surface area contributed by atoms with Gasteiger partial charge in [-0.3, -0.25) is 0 Å². The molecule has 1 aromatic heterocycles. The first kappa shape index (κ1) is 36.5. The Hall–Kier alpha value is -3.35. The van der Waals surface area contributed by atoms with Gasteiger partial charge in [-0.05, 0) is 79.0 Å². The number of hydrogen-bond donors (Lipinski definition) is 0. The first-order valence-electron chi connectivity index (χ1n) is 15.7. The summed E-state index contributed by atoms with van der Waals surface area (Å²) in [5.74, 6) is -0.0171. The molecule has 7 nitrogen and oxygen atoms in total. The lowest BCUT2D eigenvalue weighted by atomic mass is 9.89. The number of alkyl halides is 3. The zero-order chi connectivity index (χ0) is 34.0. The fourth-order valence-corrected chi connectivity index (χ4v) is 7.23. The monoisotopic (exact) mass is 694 g/mol. The summed E-state index contributed by atoms with van der Waals surface area (Å²) >= 11 is 1.34. The van der Waals surface area contributed by atoms with E-state index in [9.17, 15) is 26.4 Å². The summed E-state index contributed by atoms with van der Waals surface area (Å²) in [4.78, 5) is 13.3. The van der Waals surface area contributed by atoms with Crippen LogP contribution in [0.25, 0.3) is 5.57 Å². The number of rotatable bonds is 17. The number of aryl methyl sites for hydroxylation is 1. The van der Waals surface area contributed by atoms with Crippen molar-refractivity contribution >= 4 is 33.0 Å². The molecule has 0 spiro atoms. The van der Waals surface area contributed by atoms with Crippen LogP contribution in [0, 0.1) is 5.92 Å². The van der Waals surface area contributed by atoms with Crippen LogP contribution in [0.1, 0.15) is 95.6 Å². The van der Waals surface area contributed by atoms with Crippen LogP contribution in [-0.4, -0.2) is 34.1 Å². The number of carbonyl (C=O) groups excluding carboxylic acids is 1. The second-order valence-corrected chi connectivity index (χ2v) is 14.2. The predicted molar refractivity (Wildman–Crippen MR) is 175 cm³/mol. The predicted octanol–water partition coefficient (Wildman–Crippen LogP) is 9.39. The number of benzene rings is 2. The molecule has 3 aromatic rings. The summed E-state index contributed by atoms with van der Waals surface area (Å²) in [5, 5.41) is 0. The maximum Gasteiger partial charge on any atom is 0.534 e. The van der Waals surface area contributed by atoms with E-state index in [1.165, 1.54) is 18.4 Å². The van der Waals surface area contributed by atoms with Gasteiger partial charge in [0.2, 0.25) is 0 Å². The van der Waals surface area contributed by atoms with E-state index in [2.05, 4.69) is 6.92 Å². The third kappa shape index (κ3) is 9.84. The van der Waals surface area contributed by atoms with Gasteiger partial charge in [0.1, 0.15) is 16.4 Å². The Balaban J connectivity index is 1.55. The molecular weight excluding hydrogens is 654 g/mol. The van der Waals surface area contributed by atoms with Crippen LogP contribution >= 0.6 is 11.3 Å². The quantitative estimate of drug-likeness (QED) is 0.0602. The summed E-state index contributed by atoms with van der Waals surface area (Å²) in [6.45, 7) is 2.53. The van der Waals surface area contributed by atoms with Crippen molar-refractivity contribution in [2.75, 3.05) is 14.2 Å². The number of ether oxygens (including phenoxy) is 3. The molecule has 2 unspecified atom stereocenters. The van der Waals surface area contributed by atoms with Crippen LogP contribution in [0.3, 0.4) is 0 Å².